The molecular formula is C13H16N2O5S. The molecule has 1 aliphatic heterocycles. The number of esters is 1. The van der Waals surface area contributed by atoms with Gasteiger partial charge in [-0.25, -0.2) is 18.2 Å². The van der Waals surface area contributed by atoms with Gasteiger partial charge in [-0.15, -0.1) is 0 Å². The van der Waals surface area contributed by atoms with Gasteiger partial charge in [0.15, 0.2) is 16.4 Å². The van der Waals surface area contributed by atoms with Crippen LogP contribution in [0.25, 0.3) is 0 Å². The standard InChI is InChI=1S/C13H16N2O5S/c1-13(5-7-21(18,19)9-13)15-11(16)8-20-12(17)10-4-2-3-6-14-10/h2-4,6H,5,7-9H2,1H3,(H,15,16)/t13-/m1/s1. The van der Waals surface area contributed by atoms with E-state index in [4.69, 9.17) is 4.74 Å². The molecule has 1 atom stereocenters. The summed E-state index contributed by atoms with van der Waals surface area (Å²) >= 11 is 0. The number of pyridine rings is 1. The van der Waals surface area contributed by atoms with Crippen LogP contribution in [0.4, 0.5) is 0 Å². The normalized spacial score (nSPS) is 23.5. The van der Waals surface area contributed by atoms with Gasteiger partial charge in [0.05, 0.1) is 17.0 Å². The summed E-state index contributed by atoms with van der Waals surface area (Å²) in [6.07, 6.45) is 1.80. The molecule has 7 nitrogen and oxygen atoms in total. The summed E-state index contributed by atoms with van der Waals surface area (Å²) in [5.41, 5.74) is -0.687. The molecule has 1 aliphatic rings. The monoisotopic (exact) mass is 312 g/mol. The van der Waals surface area contributed by atoms with E-state index in [0.29, 0.717) is 6.42 Å². The highest BCUT2D eigenvalue weighted by atomic mass is 32.2. The Morgan fingerprint density at radius 1 is 1.43 bits per heavy atom. The minimum Gasteiger partial charge on any atom is -0.451 e. The number of sulfone groups is 1. The second kappa shape index (κ2) is 5.80. The SMILES string of the molecule is C[C@@]1(NC(=O)COC(=O)c2ccccn2)CCS(=O)(=O)C1. The number of hydrogen-bond acceptors (Lipinski definition) is 6. The van der Waals surface area contributed by atoms with Crippen molar-refractivity contribution in [1.29, 1.82) is 0 Å². The third-order valence-corrected chi connectivity index (χ3v) is 5.06. The highest BCUT2D eigenvalue weighted by molar-refractivity contribution is 7.91. The van der Waals surface area contributed by atoms with Crippen molar-refractivity contribution in [2.75, 3.05) is 18.1 Å². The predicted molar refractivity (Wildman–Crippen MR) is 74.3 cm³/mol. The lowest BCUT2D eigenvalue weighted by molar-refractivity contribution is -0.125. The predicted octanol–water partition coefficient (Wildman–Crippen LogP) is -0.0682. The molecule has 2 rings (SSSR count). The van der Waals surface area contributed by atoms with Crippen molar-refractivity contribution in [3.8, 4) is 0 Å². The van der Waals surface area contributed by atoms with Gasteiger partial charge in [-0.05, 0) is 25.5 Å². The van der Waals surface area contributed by atoms with Gasteiger partial charge < -0.3 is 10.1 Å². The van der Waals surface area contributed by atoms with Gasteiger partial charge in [-0.3, -0.25) is 4.79 Å². The van der Waals surface area contributed by atoms with Crippen molar-refractivity contribution in [1.82, 2.24) is 10.3 Å². The number of rotatable bonds is 4. The number of nitrogens with one attached hydrogen (secondary N) is 1. The Labute approximate surface area is 122 Å². The van der Waals surface area contributed by atoms with E-state index in [1.807, 2.05) is 0 Å². The van der Waals surface area contributed by atoms with Gasteiger partial charge in [0.1, 0.15) is 5.69 Å². The molecule has 2 heterocycles. The summed E-state index contributed by atoms with van der Waals surface area (Å²) in [5, 5.41) is 2.60. The number of hydrogen-bond donors (Lipinski definition) is 1. The first-order valence-electron chi connectivity index (χ1n) is 6.39. The third kappa shape index (κ3) is 4.25. The van der Waals surface area contributed by atoms with E-state index in [9.17, 15) is 18.0 Å². The molecule has 0 radical (unpaired) electrons. The highest BCUT2D eigenvalue weighted by Gasteiger charge is 2.39. The Morgan fingerprint density at radius 3 is 2.76 bits per heavy atom. The topological polar surface area (TPSA) is 102 Å². The van der Waals surface area contributed by atoms with E-state index >= 15 is 0 Å². The minimum atomic E-state index is -3.11. The minimum absolute atomic E-state index is 0.0531. The lowest BCUT2D eigenvalue weighted by Crippen LogP contribution is -2.48. The summed E-state index contributed by atoms with van der Waals surface area (Å²) < 4.78 is 27.7. The van der Waals surface area contributed by atoms with Crippen molar-refractivity contribution >= 4 is 21.7 Å². The molecular weight excluding hydrogens is 296 g/mol. The van der Waals surface area contributed by atoms with Crippen LogP contribution < -0.4 is 5.32 Å². The van der Waals surface area contributed by atoms with Crippen molar-refractivity contribution in [2.45, 2.75) is 18.9 Å². The molecule has 0 aromatic carbocycles. The average Bonchev–Trinajstić information content (AvgIpc) is 2.70. The van der Waals surface area contributed by atoms with Gasteiger partial charge in [0.2, 0.25) is 0 Å². The van der Waals surface area contributed by atoms with E-state index in [1.54, 1.807) is 19.1 Å². The molecule has 1 aromatic heterocycles. The Balaban J connectivity index is 1.85. The number of ether oxygens (including phenoxy) is 1. The van der Waals surface area contributed by atoms with Gasteiger partial charge in [-0.1, -0.05) is 6.07 Å². The summed E-state index contributed by atoms with van der Waals surface area (Å²) in [4.78, 5) is 27.2. The van der Waals surface area contributed by atoms with Crippen LogP contribution in [-0.2, 0) is 19.4 Å². The van der Waals surface area contributed by atoms with Gasteiger partial charge in [0.25, 0.3) is 5.91 Å². The summed E-state index contributed by atoms with van der Waals surface area (Å²) in [7, 11) is -3.11. The molecule has 21 heavy (non-hydrogen) atoms. The summed E-state index contributed by atoms with van der Waals surface area (Å²) in [6.45, 7) is 1.20. The van der Waals surface area contributed by atoms with Crippen LogP contribution in [0.5, 0.6) is 0 Å². The molecule has 0 bridgehead atoms. The Hall–Kier alpha value is -1.96. The van der Waals surface area contributed by atoms with Crippen LogP contribution in [0, 0.1) is 0 Å². The fraction of sp³-hybridized carbons (Fsp3) is 0.462. The van der Waals surface area contributed by atoms with E-state index in [0.717, 1.165) is 0 Å². The second-order valence-electron chi connectivity index (χ2n) is 5.24. The molecule has 1 saturated heterocycles. The first kappa shape index (κ1) is 15.4. The van der Waals surface area contributed by atoms with E-state index in [-0.39, 0.29) is 17.2 Å². The molecule has 0 saturated carbocycles. The molecule has 0 spiro atoms. The fourth-order valence-corrected chi connectivity index (χ4v) is 4.26. The summed E-state index contributed by atoms with van der Waals surface area (Å²) in [6, 6.07) is 4.77. The largest absolute Gasteiger partial charge is 0.451 e. The van der Waals surface area contributed by atoms with Crippen molar-refractivity contribution in [2.24, 2.45) is 0 Å². The van der Waals surface area contributed by atoms with Crippen LogP contribution >= 0.6 is 0 Å². The van der Waals surface area contributed by atoms with Crippen LogP contribution in [-0.4, -0.2) is 48.9 Å². The van der Waals surface area contributed by atoms with E-state index in [1.165, 1.54) is 12.3 Å². The van der Waals surface area contributed by atoms with Crippen molar-refractivity contribution in [3.63, 3.8) is 0 Å². The first-order valence-corrected chi connectivity index (χ1v) is 8.21. The molecule has 114 valence electrons. The zero-order valence-electron chi connectivity index (χ0n) is 11.5. The van der Waals surface area contributed by atoms with E-state index < -0.39 is 33.9 Å². The Kier molecular flexibility index (Phi) is 4.26. The Morgan fingerprint density at radius 2 is 2.19 bits per heavy atom. The van der Waals surface area contributed by atoms with E-state index in [2.05, 4.69) is 10.3 Å². The molecule has 1 N–H and O–H groups in total. The molecule has 1 fully saturated rings. The number of carbonyl (C=O) groups is 2. The third-order valence-electron chi connectivity index (χ3n) is 3.15. The maximum absolute atomic E-state index is 11.7. The highest BCUT2D eigenvalue weighted by Crippen LogP contribution is 2.22. The van der Waals surface area contributed by atoms with Crippen LogP contribution in [0.1, 0.15) is 23.8 Å². The molecule has 1 aromatic rings. The lowest BCUT2D eigenvalue weighted by atomic mass is 10.0. The first-order chi connectivity index (χ1) is 9.80. The van der Waals surface area contributed by atoms with Crippen LogP contribution in [0.3, 0.4) is 0 Å². The maximum atomic E-state index is 11.7. The van der Waals surface area contributed by atoms with Crippen LogP contribution in [0.15, 0.2) is 24.4 Å². The smallest absolute Gasteiger partial charge is 0.357 e. The van der Waals surface area contributed by atoms with Gasteiger partial charge in [0, 0.05) is 6.20 Å². The molecule has 1 amide bonds. The quantitative estimate of drug-likeness (QED) is 0.781. The zero-order valence-corrected chi connectivity index (χ0v) is 12.4. The number of aromatic nitrogens is 1. The molecule has 0 aliphatic carbocycles. The maximum Gasteiger partial charge on any atom is 0.357 e. The average molecular weight is 312 g/mol. The lowest BCUT2D eigenvalue weighted by Gasteiger charge is -2.23. The van der Waals surface area contributed by atoms with Gasteiger partial charge in [-0.2, -0.15) is 0 Å². The molecule has 8 heteroatoms. The molecule has 0 unspecified atom stereocenters. The van der Waals surface area contributed by atoms with Crippen molar-refractivity contribution in [3.05, 3.63) is 30.1 Å². The Bertz CT molecular complexity index is 644. The van der Waals surface area contributed by atoms with Crippen LogP contribution in [0.2, 0.25) is 0 Å². The number of nitrogens with zero attached hydrogens (tertiary/aromatic N) is 1. The number of amides is 1. The number of carbonyl (C=O) groups excluding carboxylic acids is 2. The van der Waals surface area contributed by atoms with Gasteiger partial charge >= 0.3 is 5.97 Å². The summed E-state index contributed by atoms with van der Waals surface area (Å²) in [5.74, 6) is -1.27. The zero-order chi connectivity index (χ0) is 15.5. The van der Waals surface area contributed by atoms with Crippen molar-refractivity contribution < 1.29 is 22.7 Å². The second-order valence-corrected chi connectivity index (χ2v) is 7.43. The fourth-order valence-electron chi connectivity index (χ4n) is 2.17.